The minimum atomic E-state index is 0.442. The van der Waals surface area contributed by atoms with Crippen molar-refractivity contribution in [1.29, 1.82) is 0 Å². The molecule has 0 N–H and O–H groups in total. The van der Waals surface area contributed by atoms with Crippen molar-refractivity contribution in [2.75, 3.05) is 0 Å². The van der Waals surface area contributed by atoms with Crippen molar-refractivity contribution in [3.05, 3.63) is 12.2 Å². The van der Waals surface area contributed by atoms with Gasteiger partial charge in [-0.1, -0.05) is 12.2 Å². The number of hydrogen-bond acceptors (Lipinski definition) is 1. The summed E-state index contributed by atoms with van der Waals surface area (Å²) in [6.07, 6.45) is 2.29. The van der Waals surface area contributed by atoms with Gasteiger partial charge in [0.1, 0.15) is 5.78 Å². The summed E-state index contributed by atoms with van der Waals surface area (Å²) in [6, 6.07) is 0. The van der Waals surface area contributed by atoms with E-state index in [4.69, 9.17) is 0 Å². The molecule has 5 aliphatic rings. The summed E-state index contributed by atoms with van der Waals surface area (Å²) in [6.45, 7) is 4.32. The van der Waals surface area contributed by atoms with Gasteiger partial charge in [-0.05, 0) is 47.8 Å². The molecule has 1 nitrogen and oxygen atoms in total. The lowest BCUT2D eigenvalue weighted by atomic mass is 9.50. The Labute approximate surface area is 83.6 Å². The van der Waals surface area contributed by atoms with E-state index in [1.807, 2.05) is 0 Å². The van der Waals surface area contributed by atoms with Crippen LogP contribution < -0.4 is 0 Å². The van der Waals surface area contributed by atoms with E-state index in [-0.39, 0.29) is 0 Å². The number of carbonyl (C=O) groups is 1. The Hall–Kier alpha value is -0.590. The lowest BCUT2D eigenvalue weighted by Crippen LogP contribution is -2.53. The maximum absolute atomic E-state index is 12.0. The quantitative estimate of drug-likeness (QED) is 0.528. The van der Waals surface area contributed by atoms with Gasteiger partial charge in [0.05, 0.1) is 0 Å². The highest BCUT2D eigenvalue weighted by atomic mass is 16.1. The van der Waals surface area contributed by atoms with E-state index in [0.717, 1.165) is 41.9 Å². The third-order valence-electron chi connectivity index (χ3n) is 6.32. The van der Waals surface area contributed by atoms with Gasteiger partial charge in [0.25, 0.3) is 0 Å². The molecule has 5 fully saturated rings. The zero-order valence-electron chi connectivity index (χ0n) is 8.15. The third-order valence-corrected chi connectivity index (χ3v) is 6.32. The molecule has 0 amide bonds. The second-order valence-electron chi connectivity index (χ2n) is 6.20. The van der Waals surface area contributed by atoms with E-state index < -0.39 is 0 Å². The Balaban J connectivity index is 1.85. The molecule has 0 heterocycles. The molecular weight excluding hydrogens is 172 g/mol. The molecule has 5 aliphatic carbocycles. The molecule has 14 heavy (non-hydrogen) atoms. The van der Waals surface area contributed by atoms with Gasteiger partial charge < -0.3 is 0 Å². The molecule has 0 aromatic carbocycles. The van der Waals surface area contributed by atoms with E-state index in [9.17, 15) is 4.79 Å². The number of ketones is 1. The summed E-state index contributed by atoms with van der Waals surface area (Å²) in [5.74, 6) is 6.88. The number of carbonyl (C=O) groups excluding carboxylic acids is 1. The van der Waals surface area contributed by atoms with Gasteiger partial charge in [-0.2, -0.15) is 0 Å². The summed E-state index contributed by atoms with van der Waals surface area (Å²) in [7, 11) is 0. The molecule has 2 bridgehead atoms. The molecule has 8 atom stereocenters. The lowest BCUT2D eigenvalue weighted by molar-refractivity contribution is -0.142. The Morgan fingerprint density at radius 3 is 2.64 bits per heavy atom. The van der Waals surface area contributed by atoms with Crippen LogP contribution in [-0.4, -0.2) is 5.78 Å². The maximum Gasteiger partial charge on any atom is 0.137 e. The largest absolute Gasteiger partial charge is 0.299 e. The average molecular weight is 186 g/mol. The van der Waals surface area contributed by atoms with Gasteiger partial charge in [0.2, 0.25) is 0 Å². The van der Waals surface area contributed by atoms with E-state index in [1.165, 1.54) is 12.0 Å². The van der Waals surface area contributed by atoms with Crippen LogP contribution >= 0.6 is 0 Å². The van der Waals surface area contributed by atoms with Crippen molar-refractivity contribution in [1.82, 2.24) is 0 Å². The van der Waals surface area contributed by atoms with Crippen LogP contribution in [0.25, 0.3) is 0 Å². The smallest absolute Gasteiger partial charge is 0.137 e. The Kier molecular flexibility index (Phi) is 0.797. The number of Topliss-reactive ketones (excluding diaryl/α,β-unsaturated/α-hetero) is 1. The van der Waals surface area contributed by atoms with Gasteiger partial charge in [0, 0.05) is 12.3 Å². The number of rotatable bonds is 0. The number of allylic oxidation sites excluding steroid dienone is 1. The molecular formula is C13H14O. The average Bonchev–Trinajstić information content (AvgIpc) is 2.62. The maximum atomic E-state index is 12.0. The molecule has 0 spiro atoms. The first-order valence-electron chi connectivity index (χ1n) is 6.00. The highest BCUT2D eigenvalue weighted by Gasteiger charge is 2.77. The van der Waals surface area contributed by atoms with E-state index >= 15 is 0 Å². The molecule has 0 aromatic rings. The van der Waals surface area contributed by atoms with Crippen molar-refractivity contribution in [2.45, 2.75) is 12.8 Å². The van der Waals surface area contributed by atoms with Crippen LogP contribution in [0.4, 0.5) is 0 Å². The summed E-state index contributed by atoms with van der Waals surface area (Å²) in [5, 5.41) is 0. The molecule has 5 saturated carbocycles. The molecule has 72 valence electrons. The van der Waals surface area contributed by atoms with Gasteiger partial charge in [-0.3, -0.25) is 4.79 Å². The predicted molar refractivity (Wildman–Crippen MR) is 51.3 cm³/mol. The second kappa shape index (κ2) is 1.64. The van der Waals surface area contributed by atoms with E-state index in [0.29, 0.717) is 17.6 Å². The Morgan fingerprint density at radius 2 is 1.79 bits per heavy atom. The van der Waals surface area contributed by atoms with Crippen molar-refractivity contribution >= 4 is 5.78 Å². The van der Waals surface area contributed by atoms with Crippen LogP contribution in [0.3, 0.4) is 0 Å². The van der Waals surface area contributed by atoms with Crippen molar-refractivity contribution < 1.29 is 4.79 Å². The molecule has 5 rings (SSSR count). The normalized spacial score (nSPS) is 70.6. The van der Waals surface area contributed by atoms with Crippen LogP contribution in [0, 0.1) is 47.3 Å². The Morgan fingerprint density at radius 1 is 1.00 bits per heavy atom. The summed E-state index contributed by atoms with van der Waals surface area (Å²) < 4.78 is 0. The molecule has 0 radical (unpaired) electrons. The van der Waals surface area contributed by atoms with Crippen LogP contribution in [0.2, 0.25) is 0 Å². The van der Waals surface area contributed by atoms with E-state index in [2.05, 4.69) is 6.58 Å². The summed E-state index contributed by atoms with van der Waals surface area (Å²) in [5.41, 5.74) is 1.50. The second-order valence-corrected chi connectivity index (χ2v) is 6.20. The molecule has 8 unspecified atom stereocenters. The monoisotopic (exact) mass is 186 g/mol. The zero-order chi connectivity index (χ0) is 9.19. The molecule has 0 saturated heterocycles. The predicted octanol–water partition coefficient (Wildman–Crippen LogP) is 1.89. The highest BCUT2D eigenvalue weighted by Crippen LogP contribution is 2.80. The van der Waals surface area contributed by atoms with Gasteiger partial charge >= 0.3 is 0 Å². The van der Waals surface area contributed by atoms with Crippen molar-refractivity contribution in [3.8, 4) is 0 Å². The van der Waals surface area contributed by atoms with Crippen LogP contribution in [0.5, 0.6) is 0 Å². The molecule has 1 heteroatoms. The fourth-order valence-electron chi connectivity index (χ4n) is 6.31. The van der Waals surface area contributed by atoms with Crippen molar-refractivity contribution in [3.63, 3.8) is 0 Å². The van der Waals surface area contributed by atoms with Gasteiger partial charge in [-0.25, -0.2) is 0 Å². The first-order valence-corrected chi connectivity index (χ1v) is 6.00. The summed E-state index contributed by atoms with van der Waals surface area (Å²) in [4.78, 5) is 12.0. The number of fused-ring (bicyclic) bond motifs is 2. The van der Waals surface area contributed by atoms with Gasteiger partial charge in [0.15, 0.2) is 0 Å². The third kappa shape index (κ3) is 0.403. The minimum Gasteiger partial charge on any atom is -0.299 e. The fourth-order valence-corrected chi connectivity index (χ4v) is 6.31. The molecule has 0 aliphatic heterocycles. The van der Waals surface area contributed by atoms with Crippen LogP contribution in [-0.2, 0) is 4.79 Å². The molecule has 0 aromatic heterocycles. The minimum absolute atomic E-state index is 0.442. The fraction of sp³-hybridized carbons (Fsp3) is 0.769. The van der Waals surface area contributed by atoms with Gasteiger partial charge in [-0.15, -0.1) is 0 Å². The van der Waals surface area contributed by atoms with Crippen molar-refractivity contribution in [2.24, 2.45) is 47.3 Å². The summed E-state index contributed by atoms with van der Waals surface area (Å²) >= 11 is 0. The standard InChI is InChI=1S/C13H14O/c1-4-9-5-2-6-11-7(10(4)13(5)11)3-8(14)12(6)9/h5-7,9-13H,1-3H2. The van der Waals surface area contributed by atoms with E-state index in [1.54, 1.807) is 0 Å². The highest BCUT2D eigenvalue weighted by molar-refractivity contribution is 5.86. The SMILES string of the molecule is C=C1C2C3CC4C2C(=O)CC2C1C3C42. The topological polar surface area (TPSA) is 17.1 Å². The first kappa shape index (κ1) is 6.81. The van der Waals surface area contributed by atoms with Crippen LogP contribution in [0.15, 0.2) is 12.2 Å². The number of hydrogen-bond donors (Lipinski definition) is 0. The Bertz CT molecular complexity index is 396. The lowest BCUT2D eigenvalue weighted by Gasteiger charge is -2.53. The zero-order valence-corrected chi connectivity index (χ0v) is 8.15. The first-order chi connectivity index (χ1) is 6.79. The van der Waals surface area contributed by atoms with Crippen LogP contribution in [0.1, 0.15) is 12.8 Å².